The van der Waals surface area contributed by atoms with E-state index in [9.17, 15) is 9.50 Å². The predicted molar refractivity (Wildman–Crippen MR) is 144 cm³/mol. The molecular formula is C31H24FN3O2. The third-order valence-corrected chi connectivity index (χ3v) is 6.59. The van der Waals surface area contributed by atoms with Crippen LogP contribution < -0.4 is 10.5 Å². The van der Waals surface area contributed by atoms with Crippen LogP contribution >= 0.6 is 0 Å². The number of nitrogen functional groups attached to an aromatic ring is 1. The van der Waals surface area contributed by atoms with E-state index >= 15 is 0 Å². The average Bonchev–Trinajstić information content (AvgIpc) is 3.27. The zero-order valence-corrected chi connectivity index (χ0v) is 19.9. The standard InChI is InChI=1S/C31H24FN3O2/c32-23-15-13-20(14-16-23)18-35-19-25-26(31(35)36)30(28-24(27(25)33)12-7-17-34-28)37-29(21-8-3-1-4-9-21)22-10-5-2-6-11-22/h1-17,19,29,36H,18,33H2. The topological polar surface area (TPSA) is 73.3 Å². The van der Waals surface area contributed by atoms with Crippen LogP contribution in [0.15, 0.2) is 109 Å². The second-order valence-corrected chi connectivity index (χ2v) is 8.96. The normalized spacial score (nSPS) is 11.4. The van der Waals surface area contributed by atoms with E-state index < -0.39 is 6.10 Å². The van der Waals surface area contributed by atoms with Gasteiger partial charge in [-0.3, -0.25) is 4.98 Å². The van der Waals surface area contributed by atoms with Crippen LogP contribution in [0, 0.1) is 5.82 Å². The third kappa shape index (κ3) is 4.12. The fraction of sp³-hybridized carbons (Fsp3) is 0.0645. The molecule has 2 heterocycles. The number of benzene rings is 4. The Morgan fingerprint density at radius 3 is 2.14 bits per heavy atom. The molecule has 0 spiro atoms. The van der Waals surface area contributed by atoms with Crippen molar-refractivity contribution in [1.29, 1.82) is 0 Å². The predicted octanol–water partition coefficient (Wildman–Crippen LogP) is 6.83. The highest BCUT2D eigenvalue weighted by atomic mass is 19.1. The van der Waals surface area contributed by atoms with Gasteiger partial charge in [-0.25, -0.2) is 4.39 Å². The summed E-state index contributed by atoms with van der Waals surface area (Å²) < 4.78 is 21.9. The molecule has 6 aromatic rings. The first-order valence-electron chi connectivity index (χ1n) is 12.0. The van der Waals surface area contributed by atoms with E-state index in [1.165, 1.54) is 12.1 Å². The highest BCUT2D eigenvalue weighted by Gasteiger charge is 2.25. The summed E-state index contributed by atoms with van der Waals surface area (Å²) in [7, 11) is 0. The second-order valence-electron chi connectivity index (χ2n) is 8.96. The summed E-state index contributed by atoms with van der Waals surface area (Å²) in [4.78, 5) is 4.61. The molecule has 6 heteroatoms. The number of fused-ring (bicyclic) bond motifs is 2. The zero-order chi connectivity index (χ0) is 25.4. The number of pyridine rings is 1. The maximum atomic E-state index is 13.4. The van der Waals surface area contributed by atoms with E-state index in [2.05, 4.69) is 4.98 Å². The molecule has 4 aromatic carbocycles. The van der Waals surface area contributed by atoms with E-state index in [4.69, 9.17) is 10.5 Å². The highest BCUT2D eigenvalue weighted by Crippen LogP contribution is 2.46. The molecule has 2 aromatic heterocycles. The monoisotopic (exact) mass is 489 g/mol. The van der Waals surface area contributed by atoms with Gasteiger partial charge in [0.1, 0.15) is 17.4 Å². The van der Waals surface area contributed by atoms with Crippen molar-refractivity contribution in [1.82, 2.24) is 9.55 Å². The molecule has 182 valence electrons. The lowest BCUT2D eigenvalue weighted by molar-refractivity contribution is 0.252. The maximum Gasteiger partial charge on any atom is 0.203 e. The molecule has 0 aliphatic rings. The average molecular weight is 490 g/mol. The number of nitrogens with two attached hydrogens (primary N) is 1. The van der Waals surface area contributed by atoms with Gasteiger partial charge in [0.25, 0.3) is 0 Å². The van der Waals surface area contributed by atoms with Crippen molar-refractivity contribution in [3.63, 3.8) is 0 Å². The van der Waals surface area contributed by atoms with Gasteiger partial charge in [-0.1, -0.05) is 72.8 Å². The fourth-order valence-corrected chi connectivity index (χ4v) is 4.76. The minimum absolute atomic E-state index is 0.00783. The molecule has 0 fully saturated rings. The van der Waals surface area contributed by atoms with Crippen molar-refractivity contribution in [2.45, 2.75) is 12.6 Å². The van der Waals surface area contributed by atoms with E-state index in [-0.39, 0.29) is 11.7 Å². The molecule has 37 heavy (non-hydrogen) atoms. The first-order valence-corrected chi connectivity index (χ1v) is 12.0. The van der Waals surface area contributed by atoms with Crippen molar-refractivity contribution in [2.75, 3.05) is 5.73 Å². The quantitative estimate of drug-likeness (QED) is 0.252. The van der Waals surface area contributed by atoms with Gasteiger partial charge in [0.2, 0.25) is 5.88 Å². The first kappa shape index (κ1) is 22.6. The Balaban J connectivity index is 1.56. The minimum Gasteiger partial charge on any atom is -0.494 e. The molecule has 0 aliphatic heterocycles. The molecule has 3 N–H and O–H groups in total. The number of nitrogens with zero attached hydrogens (tertiary/aromatic N) is 2. The van der Waals surface area contributed by atoms with E-state index in [1.807, 2.05) is 79.0 Å². The van der Waals surface area contributed by atoms with E-state index in [0.717, 1.165) is 22.1 Å². The number of hydrogen-bond donors (Lipinski definition) is 2. The summed E-state index contributed by atoms with van der Waals surface area (Å²) in [5.74, 6) is 0.150. The van der Waals surface area contributed by atoms with E-state index in [0.29, 0.717) is 34.3 Å². The van der Waals surface area contributed by atoms with Crippen molar-refractivity contribution in [3.05, 3.63) is 132 Å². The summed E-state index contributed by atoms with van der Waals surface area (Å²) in [6, 6.07) is 29.8. The largest absolute Gasteiger partial charge is 0.494 e. The number of hydrogen-bond acceptors (Lipinski definition) is 4. The lowest BCUT2D eigenvalue weighted by Crippen LogP contribution is -2.10. The van der Waals surface area contributed by atoms with Crippen molar-refractivity contribution < 1.29 is 14.2 Å². The Labute approximate surface area is 213 Å². The SMILES string of the molecule is Nc1c2cccnc2c(OC(c2ccccc2)c2ccccc2)c2c(O)n(Cc3ccc(F)cc3)cc12. The number of aromatic hydroxyl groups is 1. The summed E-state index contributed by atoms with van der Waals surface area (Å²) >= 11 is 0. The Kier molecular flexibility index (Phi) is 5.69. The Morgan fingerprint density at radius 1 is 0.838 bits per heavy atom. The number of ether oxygens (including phenoxy) is 1. The molecule has 0 aliphatic carbocycles. The maximum absolute atomic E-state index is 13.4. The van der Waals surface area contributed by atoms with Crippen LogP contribution in [-0.2, 0) is 6.54 Å². The molecule has 0 atom stereocenters. The van der Waals surface area contributed by atoms with Crippen molar-refractivity contribution in [3.8, 4) is 11.6 Å². The van der Waals surface area contributed by atoms with Gasteiger partial charge < -0.3 is 20.1 Å². The van der Waals surface area contributed by atoms with Crippen LogP contribution in [0.3, 0.4) is 0 Å². The highest BCUT2D eigenvalue weighted by molar-refractivity contribution is 6.15. The number of rotatable bonds is 6. The number of halogens is 1. The lowest BCUT2D eigenvalue weighted by Gasteiger charge is -2.22. The second kappa shape index (κ2) is 9.32. The van der Waals surface area contributed by atoms with Crippen LogP contribution in [-0.4, -0.2) is 14.7 Å². The molecule has 5 nitrogen and oxygen atoms in total. The smallest absolute Gasteiger partial charge is 0.203 e. The first-order chi connectivity index (χ1) is 18.1. The van der Waals surface area contributed by atoms with Gasteiger partial charge in [0.05, 0.1) is 17.6 Å². The summed E-state index contributed by atoms with van der Waals surface area (Å²) in [6.45, 7) is 0.338. The molecule has 0 unspecified atom stereocenters. The zero-order valence-electron chi connectivity index (χ0n) is 19.9. The van der Waals surface area contributed by atoms with Crippen LogP contribution in [0.25, 0.3) is 21.7 Å². The van der Waals surface area contributed by atoms with Gasteiger partial charge in [0.15, 0.2) is 5.75 Å². The molecule has 0 radical (unpaired) electrons. The van der Waals surface area contributed by atoms with Crippen LogP contribution in [0.1, 0.15) is 22.8 Å². The van der Waals surface area contributed by atoms with Crippen molar-refractivity contribution >= 4 is 27.4 Å². The Morgan fingerprint density at radius 2 is 1.49 bits per heavy atom. The lowest BCUT2D eigenvalue weighted by atomic mass is 10.0. The molecular weight excluding hydrogens is 465 g/mol. The van der Waals surface area contributed by atoms with Gasteiger partial charge in [-0.2, -0.15) is 0 Å². The van der Waals surface area contributed by atoms with Gasteiger partial charge in [0, 0.05) is 23.2 Å². The fourth-order valence-electron chi connectivity index (χ4n) is 4.76. The minimum atomic E-state index is -0.445. The summed E-state index contributed by atoms with van der Waals surface area (Å²) in [6.07, 6.45) is 3.05. The summed E-state index contributed by atoms with van der Waals surface area (Å²) in [5, 5.41) is 13.3. The van der Waals surface area contributed by atoms with Crippen LogP contribution in [0.2, 0.25) is 0 Å². The molecule has 6 rings (SSSR count). The molecule has 0 saturated heterocycles. The third-order valence-electron chi connectivity index (χ3n) is 6.59. The van der Waals surface area contributed by atoms with Crippen LogP contribution in [0.5, 0.6) is 11.6 Å². The molecule has 0 bridgehead atoms. The Bertz CT molecular complexity index is 1660. The molecule has 0 saturated carbocycles. The van der Waals surface area contributed by atoms with Crippen LogP contribution in [0.4, 0.5) is 10.1 Å². The van der Waals surface area contributed by atoms with Gasteiger partial charge in [-0.05, 0) is 41.0 Å². The summed E-state index contributed by atoms with van der Waals surface area (Å²) in [5.41, 5.74) is 10.5. The van der Waals surface area contributed by atoms with Crippen molar-refractivity contribution in [2.24, 2.45) is 0 Å². The van der Waals surface area contributed by atoms with Gasteiger partial charge in [-0.15, -0.1) is 0 Å². The van der Waals surface area contributed by atoms with E-state index in [1.54, 1.807) is 22.9 Å². The van der Waals surface area contributed by atoms with Gasteiger partial charge >= 0.3 is 0 Å². The molecule has 0 amide bonds. The Hall–Kier alpha value is -4.84. The number of aromatic nitrogens is 2. The number of anilines is 1.